The van der Waals surface area contributed by atoms with Gasteiger partial charge < -0.3 is 15.6 Å². The second-order valence-corrected chi connectivity index (χ2v) is 2.50. The van der Waals surface area contributed by atoms with E-state index in [1.165, 1.54) is 0 Å². The van der Waals surface area contributed by atoms with E-state index in [1.54, 1.807) is 6.07 Å². The summed E-state index contributed by atoms with van der Waals surface area (Å²) in [5.41, 5.74) is 5.74. The summed E-state index contributed by atoms with van der Waals surface area (Å²) in [6.07, 6.45) is 0. The zero-order valence-corrected chi connectivity index (χ0v) is 6.83. The van der Waals surface area contributed by atoms with E-state index in [1.807, 2.05) is 6.92 Å². The largest absolute Gasteiger partial charge is 0.369 e. The van der Waals surface area contributed by atoms with Crippen molar-refractivity contribution in [2.24, 2.45) is 5.73 Å². The zero-order chi connectivity index (χ0) is 8.97. The van der Waals surface area contributed by atoms with Gasteiger partial charge in [0.15, 0.2) is 5.76 Å². The van der Waals surface area contributed by atoms with Gasteiger partial charge in [0.1, 0.15) is 0 Å². The van der Waals surface area contributed by atoms with Gasteiger partial charge in [-0.15, -0.1) is 0 Å². The summed E-state index contributed by atoms with van der Waals surface area (Å²) >= 11 is 0. The molecule has 5 heteroatoms. The standard InChI is InChI=1S/C7H11N3O2/c1-5-2-6(12-10-5)3-9-4-7(8)11/h2,9H,3-4H2,1H3,(H2,8,11). The Morgan fingerprint density at radius 3 is 3.08 bits per heavy atom. The molecule has 66 valence electrons. The van der Waals surface area contributed by atoms with Crippen molar-refractivity contribution in [2.45, 2.75) is 13.5 Å². The molecule has 0 fully saturated rings. The molecule has 0 bridgehead atoms. The molecule has 0 unspecified atom stereocenters. The topological polar surface area (TPSA) is 81.1 Å². The molecular formula is C7H11N3O2. The Balaban J connectivity index is 2.29. The Labute approximate surface area is 69.9 Å². The molecule has 5 nitrogen and oxygen atoms in total. The summed E-state index contributed by atoms with van der Waals surface area (Å²) in [5, 5.41) is 6.49. The molecule has 0 aliphatic carbocycles. The molecule has 0 radical (unpaired) electrons. The van der Waals surface area contributed by atoms with E-state index in [9.17, 15) is 4.79 Å². The minimum atomic E-state index is -0.383. The number of nitrogens with one attached hydrogen (secondary N) is 1. The molecule has 0 atom stereocenters. The first kappa shape index (κ1) is 8.73. The van der Waals surface area contributed by atoms with Crippen molar-refractivity contribution in [1.29, 1.82) is 0 Å². The molecule has 1 heterocycles. The van der Waals surface area contributed by atoms with Crippen LogP contribution < -0.4 is 11.1 Å². The summed E-state index contributed by atoms with van der Waals surface area (Å²) < 4.78 is 4.88. The lowest BCUT2D eigenvalue weighted by Crippen LogP contribution is -2.27. The molecule has 1 aromatic heterocycles. The van der Waals surface area contributed by atoms with Crippen LogP contribution in [0.5, 0.6) is 0 Å². The second-order valence-electron chi connectivity index (χ2n) is 2.50. The molecule has 0 saturated heterocycles. The van der Waals surface area contributed by atoms with Gasteiger partial charge >= 0.3 is 0 Å². The average molecular weight is 169 g/mol. The Hall–Kier alpha value is -1.36. The van der Waals surface area contributed by atoms with Crippen LogP contribution in [0.25, 0.3) is 0 Å². The number of amides is 1. The van der Waals surface area contributed by atoms with Gasteiger partial charge in [-0.2, -0.15) is 0 Å². The zero-order valence-electron chi connectivity index (χ0n) is 6.83. The van der Waals surface area contributed by atoms with Crippen molar-refractivity contribution in [3.63, 3.8) is 0 Å². The maximum Gasteiger partial charge on any atom is 0.231 e. The third kappa shape index (κ3) is 2.71. The highest BCUT2D eigenvalue weighted by atomic mass is 16.5. The SMILES string of the molecule is Cc1cc(CNCC(N)=O)on1. The normalized spacial score (nSPS) is 10.1. The van der Waals surface area contributed by atoms with Gasteiger partial charge in [0.05, 0.1) is 18.8 Å². The van der Waals surface area contributed by atoms with E-state index in [-0.39, 0.29) is 12.5 Å². The van der Waals surface area contributed by atoms with Crippen LogP contribution in [0.4, 0.5) is 0 Å². The fourth-order valence-corrected chi connectivity index (χ4v) is 0.809. The summed E-state index contributed by atoms with van der Waals surface area (Å²) in [6.45, 7) is 2.46. The lowest BCUT2D eigenvalue weighted by atomic mass is 10.4. The van der Waals surface area contributed by atoms with Crippen LogP contribution in [-0.2, 0) is 11.3 Å². The number of carbonyl (C=O) groups is 1. The van der Waals surface area contributed by atoms with E-state index < -0.39 is 0 Å². The van der Waals surface area contributed by atoms with Crippen LogP contribution in [-0.4, -0.2) is 17.6 Å². The van der Waals surface area contributed by atoms with Crippen molar-refractivity contribution < 1.29 is 9.32 Å². The molecule has 1 aromatic rings. The summed E-state index contributed by atoms with van der Waals surface area (Å²) in [5.74, 6) is 0.319. The minimum Gasteiger partial charge on any atom is -0.369 e. The van der Waals surface area contributed by atoms with Gasteiger partial charge in [-0.05, 0) is 6.92 Å². The number of carbonyl (C=O) groups excluding carboxylic acids is 1. The molecular weight excluding hydrogens is 158 g/mol. The van der Waals surface area contributed by atoms with Crippen LogP contribution in [0.1, 0.15) is 11.5 Å². The Morgan fingerprint density at radius 2 is 2.58 bits per heavy atom. The fraction of sp³-hybridized carbons (Fsp3) is 0.429. The van der Waals surface area contributed by atoms with Crippen molar-refractivity contribution in [3.8, 4) is 0 Å². The van der Waals surface area contributed by atoms with Gasteiger partial charge in [0.2, 0.25) is 5.91 Å². The first-order valence-corrected chi connectivity index (χ1v) is 3.59. The van der Waals surface area contributed by atoms with Crippen molar-refractivity contribution >= 4 is 5.91 Å². The van der Waals surface area contributed by atoms with E-state index in [2.05, 4.69) is 10.5 Å². The third-order valence-electron chi connectivity index (χ3n) is 1.28. The number of aryl methyl sites for hydroxylation is 1. The molecule has 1 amide bonds. The smallest absolute Gasteiger partial charge is 0.231 e. The maximum atomic E-state index is 10.3. The predicted molar refractivity (Wildman–Crippen MR) is 42.1 cm³/mol. The second kappa shape index (κ2) is 3.87. The monoisotopic (exact) mass is 169 g/mol. The van der Waals surface area contributed by atoms with E-state index in [0.29, 0.717) is 12.3 Å². The quantitative estimate of drug-likeness (QED) is 0.640. The van der Waals surface area contributed by atoms with Crippen LogP contribution in [0.2, 0.25) is 0 Å². The highest BCUT2D eigenvalue weighted by molar-refractivity contribution is 5.75. The lowest BCUT2D eigenvalue weighted by molar-refractivity contribution is -0.117. The first-order chi connectivity index (χ1) is 5.68. The van der Waals surface area contributed by atoms with Gasteiger partial charge in [0, 0.05) is 6.07 Å². The summed E-state index contributed by atoms with van der Waals surface area (Å²) in [7, 11) is 0. The van der Waals surface area contributed by atoms with Crippen molar-refractivity contribution in [3.05, 3.63) is 17.5 Å². The Bertz CT molecular complexity index is 269. The van der Waals surface area contributed by atoms with Crippen LogP contribution in [0, 0.1) is 6.92 Å². The van der Waals surface area contributed by atoms with E-state index in [0.717, 1.165) is 5.69 Å². The number of rotatable bonds is 4. The number of primary amides is 1. The highest BCUT2D eigenvalue weighted by Crippen LogP contribution is 2.00. The van der Waals surface area contributed by atoms with Crippen LogP contribution in [0.15, 0.2) is 10.6 Å². The van der Waals surface area contributed by atoms with Gasteiger partial charge in [0.25, 0.3) is 0 Å². The van der Waals surface area contributed by atoms with Crippen LogP contribution in [0.3, 0.4) is 0 Å². The Kier molecular flexibility index (Phi) is 2.82. The number of aromatic nitrogens is 1. The molecule has 0 spiro atoms. The number of nitrogens with two attached hydrogens (primary N) is 1. The molecule has 0 aliphatic heterocycles. The van der Waals surface area contributed by atoms with Crippen molar-refractivity contribution in [2.75, 3.05) is 6.54 Å². The lowest BCUT2D eigenvalue weighted by Gasteiger charge is -1.95. The van der Waals surface area contributed by atoms with Crippen molar-refractivity contribution in [1.82, 2.24) is 10.5 Å². The fourth-order valence-electron chi connectivity index (χ4n) is 0.809. The molecule has 1 rings (SSSR count). The summed E-state index contributed by atoms with van der Waals surface area (Å²) in [6, 6.07) is 1.80. The number of nitrogens with zero attached hydrogens (tertiary/aromatic N) is 1. The summed E-state index contributed by atoms with van der Waals surface area (Å²) in [4.78, 5) is 10.3. The number of hydrogen-bond donors (Lipinski definition) is 2. The highest BCUT2D eigenvalue weighted by Gasteiger charge is 1.99. The molecule has 12 heavy (non-hydrogen) atoms. The first-order valence-electron chi connectivity index (χ1n) is 3.59. The van der Waals surface area contributed by atoms with Gasteiger partial charge in [-0.3, -0.25) is 4.79 Å². The molecule has 0 saturated carbocycles. The molecule has 0 aromatic carbocycles. The van der Waals surface area contributed by atoms with E-state index >= 15 is 0 Å². The molecule has 0 aliphatic rings. The van der Waals surface area contributed by atoms with Crippen LogP contribution >= 0.6 is 0 Å². The third-order valence-corrected chi connectivity index (χ3v) is 1.28. The maximum absolute atomic E-state index is 10.3. The number of hydrogen-bond acceptors (Lipinski definition) is 4. The average Bonchev–Trinajstić information content (AvgIpc) is 2.35. The van der Waals surface area contributed by atoms with E-state index in [4.69, 9.17) is 10.3 Å². The minimum absolute atomic E-state index is 0.153. The predicted octanol–water partition coefficient (Wildman–Crippen LogP) is -0.442. The molecule has 3 N–H and O–H groups in total. The van der Waals surface area contributed by atoms with Gasteiger partial charge in [-0.25, -0.2) is 0 Å². The van der Waals surface area contributed by atoms with Gasteiger partial charge in [-0.1, -0.05) is 5.16 Å². The Morgan fingerprint density at radius 1 is 1.83 bits per heavy atom.